The van der Waals surface area contributed by atoms with E-state index in [1.54, 1.807) is 13.2 Å². The fraction of sp³-hybridized carbons (Fsp3) is 0.214. The SMILES string of the molecule is CC(=O)c1ccc(NCCc2ccco2)cc1. The van der Waals surface area contributed by atoms with Gasteiger partial charge in [0.25, 0.3) is 0 Å². The highest BCUT2D eigenvalue weighted by Gasteiger charge is 1.99. The maximum Gasteiger partial charge on any atom is 0.159 e. The van der Waals surface area contributed by atoms with Crippen LogP contribution < -0.4 is 5.32 Å². The molecule has 0 aliphatic heterocycles. The third-order valence-corrected chi connectivity index (χ3v) is 2.57. The van der Waals surface area contributed by atoms with E-state index in [0.29, 0.717) is 0 Å². The van der Waals surface area contributed by atoms with Crippen molar-refractivity contribution >= 4 is 11.5 Å². The van der Waals surface area contributed by atoms with E-state index in [9.17, 15) is 4.79 Å². The van der Waals surface area contributed by atoms with Crippen molar-refractivity contribution in [3.8, 4) is 0 Å². The molecular weight excluding hydrogens is 214 g/mol. The first kappa shape index (κ1) is 11.5. The first-order valence-corrected chi connectivity index (χ1v) is 5.63. The van der Waals surface area contributed by atoms with Crippen LogP contribution in [-0.4, -0.2) is 12.3 Å². The second kappa shape index (κ2) is 5.34. The van der Waals surface area contributed by atoms with Crippen LogP contribution in [0.25, 0.3) is 0 Å². The molecule has 1 aromatic heterocycles. The van der Waals surface area contributed by atoms with Gasteiger partial charge in [-0.15, -0.1) is 0 Å². The normalized spacial score (nSPS) is 10.2. The highest BCUT2D eigenvalue weighted by Crippen LogP contribution is 2.10. The number of anilines is 1. The Morgan fingerprint density at radius 3 is 2.59 bits per heavy atom. The molecule has 0 saturated heterocycles. The summed E-state index contributed by atoms with van der Waals surface area (Å²) in [5.41, 5.74) is 1.75. The summed E-state index contributed by atoms with van der Waals surface area (Å²) < 4.78 is 5.24. The molecular formula is C14H15NO2. The Morgan fingerprint density at radius 1 is 1.24 bits per heavy atom. The number of hydrogen-bond acceptors (Lipinski definition) is 3. The van der Waals surface area contributed by atoms with E-state index in [4.69, 9.17) is 4.42 Å². The lowest BCUT2D eigenvalue weighted by atomic mass is 10.1. The number of carbonyl (C=O) groups is 1. The first-order valence-electron chi connectivity index (χ1n) is 5.63. The molecule has 2 rings (SSSR count). The van der Waals surface area contributed by atoms with Crippen molar-refractivity contribution in [1.29, 1.82) is 0 Å². The van der Waals surface area contributed by atoms with Crippen LogP contribution in [0.2, 0.25) is 0 Å². The lowest BCUT2D eigenvalue weighted by Crippen LogP contribution is -2.04. The Bertz CT molecular complexity index is 471. The van der Waals surface area contributed by atoms with Gasteiger partial charge in [-0.3, -0.25) is 4.79 Å². The second-order valence-electron chi connectivity index (χ2n) is 3.89. The fourth-order valence-electron chi connectivity index (χ4n) is 1.61. The average molecular weight is 229 g/mol. The number of Topliss-reactive ketones (excluding diaryl/α,β-unsaturated/α-hetero) is 1. The van der Waals surface area contributed by atoms with Crippen LogP contribution in [0.3, 0.4) is 0 Å². The van der Waals surface area contributed by atoms with E-state index in [-0.39, 0.29) is 5.78 Å². The lowest BCUT2D eigenvalue weighted by Gasteiger charge is -2.05. The minimum absolute atomic E-state index is 0.0899. The number of benzene rings is 1. The monoisotopic (exact) mass is 229 g/mol. The Morgan fingerprint density at radius 2 is 2.00 bits per heavy atom. The first-order chi connectivity index (χ1) is 8.25. The predicted octanol–water partition coefficient (Wildman–Crippen LogP) is 3.14. The quantitative estimate of drug-likeness (QED) is 0.801. The Labute approximate surface area is 100 Å². The minimum Gasteiger partial charge on any atom is -0.469 e. The average Bonchev–Trinajstić information content (AvgIpc) is 2.83. The summed E-state index contributed by atoms with van der Waals surface area (Å²) in [6, 6.07) is 11.3. The van der Waals surface area contributed by atoms with Crippen molar-refractivity contribution in [3.63, 3.8) is 0 Å². The zero-order chi connectivity index (χ0) is 12.1. The van der Waals surface area contributed by atoms with Crippen LogP contribution in [-0.2, 0) is 6.42 Å². The largest absolute Gasteiger partial charge is 0.469 e. The Kier molecular flexibility index (Phi) is 3.60. The third kappa shape index (κ3) is 3.21. The molecule has 1 N–H and O–H groups in total. The Balaban J connectivity index is 1.85. The molecule has 2 aromatic rings. The molecule has 0 aliphatic carbocycles. The smallest absolute Gasteiger partial charge is 0.159 e. The van der Waals surface area contributed by atoms with E-state index in [0.717, 1.165) is 30.0 Å². The number of rotatable bonds is 5. The van der Waals surface area contributed by atoms with Gasteiger partial charge in [-0.25, -0.2) is 0 Å². The molecule has 1 aromatic carbocycles. The molecule has 0 atom stereocenters. The van der Waals surface area contributed by atoms with Crippen molar-refractivity contribution < 1.29 is 9.21 Å². The number of furan rings is 1. The van der Waals surface area contributed by atoms with Crippen LogP contribution in [0.5, 0.6) is 0 Å². The van der Waals surface area contributed by atoms with E-state index < -0.39 is 0 Å². The highest BCUT2D eigenvalue weighted by molar-refractivity contribution is 5.94. The fourth-order valence-corrected chi connectivity index (χ4v) is 1.61. The van der Waals surface area contributed by atoms with Crippen molar-refractivity contribution in [1.82, 2.24) is 0 Å². The molecule has 88 valence electrons. The van der Waals surface area contributed by atoms with E-state index >= 15 is 0 Å². The molecule has 0 spiro atoms. The lowest BCUT2D eigenvalue weighted by molar-refractivity contribution is 0.101. The van der Waals surface area contributed by atoms with Gasteiger partial charge >= 0.3 is 0 Å². The van der Waals surface area contributed by atoms with Crippen LogP contribution in [0, 0.1) is 0 Å². The number of hydrogen-bond donors (Lipinski definition) is 1. The molecule has 0 radical (unpaired) electrons. The van der Waals surface area contributed by atoms with Crippen LogP contribution in [0.15, 0.2) is 47.1 Å². The maximum atomic E-state index is 11.1. The Hall–Kier alpha value is -2.03. The zero-order valence-electron chi connectivity index (χ0n) is 9.77. The van der Waals surface area contributed by atoms with Gasteiger partial charge in [0, 0.05) is 24.2 Å². The summed E-state index contributed by atoms with van der Waals surface area (Å²) in [6.45, 7) is 2.38. The number of ketones is 1. The van der Waals surface area contributed by atoms with Crippen molar-refractivity contribution in [3.05, 3.63) is 54.0 Å². The highest BCUT2D eigenvalue weighted by atomic mass is 16.3. The molecule has 0 unspecified atom stereocenters. The summed E-state index contributed by atoms with van der Waals surface area (Å²) in [7, 11) is 0. The van der Waals surface area contributed by atoms with Gasteiger partial charge in [-0.2, -0.15) is 0 Å². The van der Waals surface area contributed by atoms with Gasteiger partial charge in [0.2, 0.25) is 0 Å². The molecule has 0 amide bonds. The summed E-state index contributed by atoms with van der Waals surface area (Å²) in [5, 5.41) is 3.28. The van der Waals surface area contributed by atoms with Crippen LogP contribution in [0.1, 0.15) is 23.0 Å². The van der Waals surface area contributed by atoms with Crippen molar-refractivity contribution in [2.75, 3.05) is 11.9 Å². The van der Waals surface area contributed by atoms with E-state index in [2.05, 4.69) is 5.32 Å². The molecule has 3 heteroatoms. The van der Waals surface area contributed by atoms with Crippen molar-refractivity contribution in [2.24, 2.45) is 0 Å². The molecule has 3 nitrogen and oxygen atoms in total. The predicted molar refractivity (Wildman–Crippen MR) is 67.3 cm³/mol. The molecule has 0 bridgehead atoms. The van der Waals surface area contributed by atoms with Gasteiger partial charge in [-0.05, 0) is 43.3 Å². The maximum absolute atomic E-state index is 11.1. The van der Waals surface area contributed by atoms with Gasteiger partial charge in [0.15, 0.2) is 5.78 Å². The zero-order valence-corrected chi connectivity index (χ0v) is 9.77. The van der Waals surface area contributed by atoms with Gasteiger partial charge in [-0.1, -0.05) is 0 Å². The number of nitrogens with one attached hydrogen (secondary N) is 1. The van der Waals surface area contributed by atoms with Crippen LogP contribution in [0.4, 0.5) is 5.69 Å². The van der Waals surface area contributed by atoms with Gasteiger partial charge in [0.05, 0.1) is 6.26 Å². The molecule has 0 fully saturated rings. The number of carbonyl (C=O) groups excluding carboxylic acids is 1. The van der Waals surface area contributed by atoms with Crippen molar-refractivity contribution in [2.45, 2.75) is 13.3 Å². The van der Waals surface area contributed by atoms with Gasteiger partial charge < -0.3 is 9.73 Å². The summed E-state index contributed by atoms with van der Waals surface area (Å²) in [4.78, 5) is 11.1. The molecule has 0 saturated carbocycles. The summed E-state index contributed by atoms with van der Waals surface area (Å²) in [5.74, 6) is 1.06. The topological polar surface area (TPSA) is 42.2 Å². The van der Waals surface area contributed by atoms with E-state index in [1.165, 1.54) is 0 Å². The van der Waals surface area contributed by atoms with Gasteiger partial charge in [0.1, 0.15) is 5.76 Å². The third-order valence-electron chi connectivity index (χ3n) is 2.57. The minimum atomic E-state index is 0.0899. The molecule has 0 aliphatic rings. The second-order valence-corrected chi connectivity index (χ2v) is 3.89. The van der Waals surface area contributed by atoms with E-state index in [1.807, 2.05) is 36.4 Å². The van der Waals surface area contributed by atoms with Crippen LogP contribution >= 0.6 is 0 Å². The molecule has 17 heavy (non-hydrogen) atoms. The standard InChI is InChI=1S/C14H15NO2/c1-11(16)12-4-6-13(7-5-12)15-9-8-14-3-2-10-17-14/h2-7,10,15H,8-9H2,1H3. The summed E-state index contributed by atoms with van der Waals surface area (Å²) in [6.07, 6.45) is 2.53. The summed E-state index contributed by atoms with van der Waals surface area (Å²) >= 11 is 0. The molecule has 1 heterocycles.